The fourth-order valence-electron chi connectivity index (χ4n) is 8.65. The lowest BCUT2D eigenvalue weighted by Crippen LogP contribution is -2.44. The Balaban J connectivity index is 0.975. The second kappa shape index (κ2) is 16.2. The highest BCUT2D eigenvalue weighted by Gasteiger charge is 2.24. The second-order valence-corrected chi connectivity index (χ2v) is 17.7. The van der Waals surface area contributed by atoms with Crippen LogP contribution in [-0.4, -0.2) is 59.4 Å². The van der Waals surface area contributed by atoms with E-state index in [1.165, 1.54) is 42.0 Å². The maximum absolute atomic E-state index is 5.44. The summed E-state index contributed by atoms with van der Waals surface area (Å²) < 4.78 is 4.58. The van der Waals surface area contributed by atoms with E-state index in [1.54, 1.807) is 0 Å². The normalized spacial score (nSPS) is 16.9. The number of fused-ring (bicyclic) bond motifs is 4. The molecule has 10 heteroatoms. The van der Waals surface area contributed by atoms with E-state index in [0.717, 1.165) is 70.7 Å². The molecule has 0 radical (unpaired) electrons. The summed E-state index contributed by atoms with van der Waals surface area (Å²) in [5.41, 5.74) is 10.9. The van der Waals surface area contributed by atoms with Gasteiger partial charge in [-0.3, -0.25) is 19.2 Å². The molecule has 0 atom stereocenters. The lowest BCUT2D eigenvalue weighted by atomic mass is 10.1. The average molecular weight is 845 g/mol. The van der Waals surface area contributed by atoms with Crippen molar-refractivity contribution in [3.8, 4) is 11.4 Å². The predicted molar refractivity (Wildman–Crippen MR) is 258 cm³/mol. The monoisotopic (exact) mass is 844 g/mol. The third-order valence-electron chi connectivity index (χ3n) is 11.8. The average Bonchev–Trinajstić information content (AvgIpc) is 3.81. The van der Waals surface area contributed by atoms with Crippen LogP contribution in [0.15, 0.2) is 200 Å². The number of para-hydroxylation sites is 6. The van der Waals surface area contributed by atoms with Gasteiger partial charge in [-0.2, -0.15) is 10.2 Å². The van der Waals surface area contributed by atoms with Crippen LogP contribution < -0.4 is 20.8 Å². The molecule has 2 aromatic heterocycles. The van der Waals surface area contributed by atoms with E-state index in [0.29, 0.717) is 0 Å². The first-order chi connectivity index (χ1) is 30.6. The summed E-state index contributed by atoms with van der Waals surface area (Å²) in [6.07, 6.45) is 4.63. The van der Waals surface area contributed by atoms with Crippen molar-refractivity contribution in [3.63, 3.8) is 0 Å². The van der Waals surface area contributed by atoms with Crippen LogP contribution in [0.5, 0.6) is 0 Å². The van der Waals surface area contributed by atoms with Crippen LogP contribution in [0.2, 0.25) is 0 Å². The van der Waals surface area contributed by atoms with Crippen molar-refractivity contribution in [2.24, 2.45) is 10.2 Å². The van der Waals surface area contributed by atoms with Gasteiger partial charge in [-0.15, -0.1) is 0 Å². The van der Waals surface area contributed by atoms with Crippen molar-refractivity contribution in [2.45, 2.75) is 9.79 Å². The molecule has 62 heavy (non-hydrogen) atoms. The molecule has 0 saturated carbocycles. The first-order valence-corrected chi connectivity index (χ1v) is 22.6. The Kier molecular flexibility index (Phi) is 9.94. The maximum atomic E-state index is 5.44. The zero-order valence-corrected chi connectivity index (χ0v) is 36.2. The number of nitrogens with zero attached hydrogens (tertiary/aromatic N) is 8. The zero-order chi connectivity index (χ0) is 41.6. The summed E-state index contributed by atoms with van der Waals surface area (Å²) in [4.78, 5) is 7.11. The van der Waals surface area contributed by atoms with Gasteiger partial charge in [-0.1, -0.05) is 121 Å². The molecule has 304 valence electrons. The minimum Gasteiger partial charge on any atom is -0.338 e. The van der Waals surface area contributed by atoms with Gasteiger partial charge in [0.1, 0.15) is 0 Å². The summed E-state index contributed by atoms with van der Waals surface area (Å²) in [7, 11) is 4.30. The molecule has 0 unspecified atom stereocenters. The Morgan fingerprint density at radius 2 is 0.806 bits per heavy atom. The molecular weight excluding hydrogens is 801 g/mol. The quantitative estimate of drug-likeness (QED) is 0.166. The molecule has 6 aromatic carbocycles. The van der Waals surface area contributed by atoms with E-state index in [4.69, 9.17) is 10.2 Å². The number of pyridine rings is 2. The summed E-state index contributed by atoms with van der Waals surface area (Å²) in [6.45, 7) is 2.91. The SMILES string of the molecule is CN1C(=Cc2cc(=NN3CCN(N=c4cc(C=C5Sc6ccccc6N5C)c5ccccc5n4-c4ccccc4)CC3)n(-c3ccccc3)c3ccccc23)Sc2ccccc21. The van der Waals surface area contributed by atoms with Crippen molar-refractivity contribution in [1.29, 1.82) is 0 Å². The van der Waals surface area contributed by atoms with Crippen molar-refractivity contribution in [1.82, 2.24) is 19.2 Å². The van der Waals surface area contributed by atoms with Gasteiger partial charge >= 0.3 is 0 Å². The summed E-state index contributed by atoms with van der Waals surface area (Å²) >= 11 is 3.62. The largest absolute Gasteiger partial charge is 0.338 e. The molecule has 3 aliphatic rings. The van der Waals surface area contributed by atoms with Gasteiger partial charge in [0, 0.05) is 46.0 Å². The van der Waals surface area contributed by atoms with Crippen molar-refractivity contribution < 1.29 is 0 Å². The summed E-state index contributed by atoms with van der Waals surface area (Å²) in [5.74, 6) is 0. The van der Waals surface area contributed by atoms with Gasteiger partial charge in [-0.25, -0.2) is 0 Å². The Bertz CT molecular complexity index is 2980. The number of hydrogen-bond donors (Lipinski definition) is 0. The zero-order valence-electron chi connectivity index (χ0n) is 34.5. The maximum Gasteiger partial charge on any atom is 0.158 e. The number of thioether (sulfide) groups is 2. The highest BCUT2D eigenvalue weighted by molar-refractivity contribution is 8.04. The van der Waals surface area contributed by atoms with Crippen LogP contribution in [0, 0.1) is 0 Å². The van der Waals surface area contributed by atoms with E-state index in [9.17, 15) is 0 Å². The number of anilines is 2. The fourth-order valence-corrected chi connectivity index (χ4v) is 10.9. The third kappa shape index (κ3) is 7.04. The van der Waals surface area contributed by atoms with Crippen LogP contribution in [0.3, 0.4) is 0 Å². The van der Waals surface area contributed by atoms with Crippen LogP contribution in [0.25, 0.3) is 45.3 Å². The second-order valence-electron chi connectivity index (χ2n) is 15.6. The Morgan fingerprint density at radius 3 is 1.23 bits per heavy atom. The molecular formula is C52H44N8S2. The van der Waals surface area contributed by atoms with Crippen molar-refractivity contribution >= 4 is 68.9 Å². The molecule has 0 N–H and O–H groups in total. The molecule has 8 aromatic rings. The van der Waals surface area contributed by atoms with Crippen LogP contribution >= 0.6 is 23.5 Å². The molecule has 8 nitrogen and oxygen atoms in total. The minimum atomic E-state index is 0.727. The molecule has 1 fully saturated rings. The smallest absolute Gasteiger partial charge is 0.158 e. The number of aromatic nitrogens is 2. The lowest BCUT2D eigenvalue weighted by molar-refractivity contribution is 0.130. The molecule has 5 heterocycles. The summed E-state index contributed by atoms with van der Waals surface area (Å²) in [5, 5.41) is 20.0. The minimum absolute atomic E-state index is 0.727. The first kappa shape index (κ1) is 38.1. The van der Waals surface area contributed by atoms with Crippen molar-refractivity contribution in [3.05, 3.63) is 202 Å². The van der Waals surface area contributed by atoms with Gasteiger partial charge in [0.15, 0.2) is 11.0 Å². The molecule has 0 amide bonds. The van der Waals surface area contributed by atoms with Gasteiger partial charge < -0.3 is 9.80 Å². The van der Waals surface area contributed by atoms with E-state index in [-0.39, 0.29) is 0 Å². The topological polar surface area (TPSA) is 47.5 Å². The highest BCUT2D eigenvalue weighted by Crippen LogP contribution is 2.47. The van der Waals surface area contributed by atoms with Gasteiger partial charge in [0.05, 0.1) is 58.6 Å². The van der Waals surface area contributed by atoms with E-state index >= 15 is 0 Å². The third-order valence-corrected chi connectivity index (χ3v) is 14.1. The Hall–Kier alpha value is -6.88. The van der Waals surface area contributed by atoms with Gasteiger partial charge in [0.25, 0.3) is 0 Å². The number of benzene rings is 6. The molecule has 0 aliphatic carbocycles. The molecule has 0 bridgehead atoms. The van der Waals surface area contributed by atoms with E-state index < -0.39 is 0 Å². The van der Waals surface area contributed by atoms with E-state index in [1.807, 2.05) is 23.5 Å². The van der Waals surface area contributed by atoms with Crippen LogP contribution in [0.1, 0.15) is 11.1 Å². The van der Waals surface area contributed by atoms with E-state index in [2.05, 4.69) is 225 Å². The molecule has 1 saturated heterocycles. The Morgan fingerprint density at radius 1 is 0.435 bits per heavy atom. The molecule has 3 aliphatic heterocycles. The first-order valence-electron chi connectivity index (χ1n) is 21.0. The fraction of sp³-hybridized carbons (Fsp3) is 0.115. The van der Waals surface area contributed by atoms with Crippen molar-refractivity contribution in [2.75, 3.05) is 50.1 Å². The summed E-state index contributed by atoms with van der Waals surface area (Å²) in [6, 6.07) is 60.2. The van der Waals surface area contributed by atoms with Crippen LogP contribution in [0.4, 0.5) is 11.4 Å². The molecule has 11 rings (SSSR count). The lowest BCUT2D eigenvalue weighted by Gasteiger charge is -2.31. The van der Waals surface area contributed by atoms with Gasteiger partial charge in [0.2, 0.25) is 0 Å². The Labute approximate surface area is 369 Å². The molecule has 0 spiro atoms. The number of hydrogen-bond acceptors (Lipinski definition) is 8. The number of rotatable bonds is 6. The highest BCUT2D eigenvalue weighted by atomic mass is 32.2. The predicted octanol–water partition coefficient (Wildman–Crippen LogP) is 10.6. The van der Waals surface area contributed by atoms with Gasteiger partial charge in [-0.05, 0) is 96.1 Å². The number of piperazine rings is 1. The standard InChI is InChI=1S/C52H44N8S2/c1-55-45-25-13-15-27-47(45)61-51(55)35-37-33-49(59(39-17-5-3-6-18-39)43-23-11-9-21-41(37)43)53-57-29-31-58(32-30-57)54-50-34-38(36-52-56(2)46-26-14-16-28-48(46)62-52)42-22-10-12-24-44(42)60(50)40-19-7-4-8-20-40/h3-28,33-36H,29-32H2,1-2H3. The van der Waals surface area contributed by atoms with Crippen LogP contribution in [-0.2, 0) is 0 Å².